The lowest BCUT2D eigenvalue weighted by Crippen LogP contribution is -2.21. The van der Waals surface area contributed by atoms with Gasteiger partial charge in [0.1, 0.15) is 0 Å². The third-order valence-electron chi connectivity index (χ3n) is 1.48. The summed E-state index contributed by atoms with van der Waals surface area (Å²) < 4.78 is 0. The van der Waals surface area contributed by atoms with Gasteiger partial charge in [0, 0.05) is 13.6 Å². The third-order valence-corrected chi connectivity index (χ3v) is 1.84. The fraction of sp³-hybridized carbons (Fsp3) is 0.857. The van der Waals surface area contributed by atoms with Gasteiger partial charge in [-0.1, -0.05) is 32.5 Å². The Morgan fingerprint density at radius 3 is 2.56 bits per heavy atom. The molecule has 0 heterocycles. The zero-order valence-corrected chi connectivity index (χ0v) is 7.24. The molecular weight excluding hydrogens is 130 g/mol. The van der Waals surface area contributed by atoms with E-state index in [4.69, 9.17) is 12.2 Å². The van der Waals surface area contributed by atoms with Crippen molar-refractivity contribution < 1.29 is 0 Å². The summed E-state index contributed by atoms with van der Waals surface area (Å²) >= 11 is 4.74. The normalized spacial score (nSPS) is 12.8. The lowest BCUT2D eigenvalue weighted by Gasteiger charge is -2.16. The Hall–Kier alpha value is -0.110. The van der Waals surface area contributed by atoms with Gasteiger partial charge in [-0.3, -0.25) is 0 Å². The van der Waals surface area contributed by atoms with Crippen LogP contribution in [0.25, 0.3) is 0 Å². The summed E-state index contributed by atoms with van der Waals surface area (Å²) in [6.07, 6.45) is 1.23. The number of rotatable bonds is 4. The second kappa shape index (κ2) is 4.74. The molecule has 2 heteroatoms. The van der Waals surface area contributed by atoms with E-state index in [9.17, 15) is 0 Å². The molecule has 0 rings (SSSR count). The second-order valence-corrected chi connectivity index (χ2v) is 2.77. The Labute approximate surface area is 63.0 Å². The molecule has 0 aliphatic rings. The topological polar surface area (TPSA) is 3.24 Å². The molecule has 1 atom stereocenters. The highest BCUT2D eigenvalue weighted by Crippen LogP contribution is 2.00. The van der Waals surface area contributed by atoms with Crippen molar-refractivity contribution in [1.29, 1.82) is 0 Å². The Morgan fingerprint density at radius 2 is 2.22 bits per heavy atom. The Balaban J connectivity index is 3.33. The molecule has 0 spiro atoms. The van der Waals surface area contributed by atoms with Crippen LogP contribution in [0.15, 0.2) is 0 Å². The standard InChI is InChI=1S/C7H15NS/c1-4-7(2)5-8(3)6-9/h6-7H,4-5H2,1-3H3. The van der Waals surface area contributed by atoms with E-state index in [1.807, 2.05) is 11.9 Å². The molecule has 0 aliphatic carbocycles. The maximum Gasteiger partial charge on any atom is 0.0638 e. The first-order valence-corrected chi connectivity index (χ1v) is 3.83. The van der Waals surface area contributed by atoms with Crippen LogP contribution in [-0.2, 0) is 0 Å². The van der Waals surface area contributed by atoms with Gasteiger partial charge in [-0.05, 0) is 5.92 Å². The highest BCUT2D eigenvalue weighted by atomic mass is 32.1. The molecule has 1 nitrogen and oxygen atoms in total. The van der Waals surface area contributed by atoms with Gasteiger partial charge in [-0.15, -0.1) is 0 Å². The zero-order chi connectivity index (χ0) is 7.28. The van der Waals surface area contributed by atoms with E-state index in [-0.39, 0.29) is 0 Å². The zero-order valence-electron chi connectivity index (χ0n) is 6.42. The van der Waals surface area contributed by atoms with Crippen LogP contribution in [0, 0.1) is 5.92 Å². The monoisotopic (exact) mass is 145 g/mol. The van der Waals surface area contributed by atoms with Crippen molar-refractivity contribution in [2.45, 2.75) is 20.3 Å². The van der Waals surface area contributed by atoms with Crippen molar-refractivity contribution in [2.24, 2.45) is 5.92 Å². The smallest absolute Gasteiger partial charge is 0.0638 e. The number of thiocarbonyl (C=S) groups is 1. The van der Waals surface area contributed by atoms with Crippen molar-refractivity contribution in [3.05, 3.63) is 0 Å². The molecule has 0 saturated heterocycles. The Kier molecular flexibility index (Phi) is 4.68. The summed E-state index contributed by atoms with van der Waals surface area (Å²) in [7, 11) is 2.01. The molecule has 0 aromatic heterocycles. The third kappa shape index (κ3) is 4.40. The van der Waals surface area contributed by atoms with Crippen molar-refractivity contribution in [3.8, 4) is 0 Å². The molecular formula is C7H15NS. The van der Waals surface area contributed by atoms with Gasteiger partial charge >= 0.3 is 0 Å². The first-order valence-electron chi connectivity index (χ1n) is 3.36. The van der Waals surface area contributed by atoms with Crippen LogP contribution < -0.4 is 0 Å². The minimum atomic E-state index is 0.759. The molecule has 0 bridgehead atoms. The number of nitrogens with zero attached hydrogens (tertiary/aromatic N) is 1. The van der Waals surface area contributed by atoms with Crippen molar-refractivity contribution in [1.82, 2.24) is 4.90 Å². The van der Waals surface area contributed by atoms with Gasteiger partial charge in [0.05, 0.1) is 5.49 Å². The first kappa shape index (κ1) is 8.89. The summed E-state index contributed by atoms with van der Waals surface area (Å²) in [4.78, 5) is 2.05. The highest BCUT2D eigenvalue weighted by Gasteiger charge is 1.98. The van der Waals surface area contributed by atoms with E-state index in [0.717, 1.165) is 12.5 Å². The summed E-state index contributed by atoms with van der Waals surface area (Å²) in [5.74, 6) is 0.759. The van der Waals surface area contributed by atoms with Gasteiger partial charge in [-0.25, -0.2) is 0 Å². The predicted molar refractivity (Wildman–Crippen MR) is 45.7 cm³/mol. The largest absolute Gasteiger partial charge is 0.372 e. The SMILES string of the molecule is CCC(C)CN(C)C=S. The molecule has 0 fully saturated rings. The molecule has 0 aliphatic heterocycles. The first-order chi connectivity index (χ1) is 4.20. The predicted octanol–water partition coefficient (Wildman–Crippen LogP) is 1.92. The highest BCUT2D eigenvalue weighted by molar-refractivity contribution is 7.78. The van der Waals surface area contributed by atoms with Gasteiger partial charge in [-0.2, -0.15) is 0 Å². The summed E-state index contributed by atoms with van der Waals surface area (Å²) in [5.41, 5.74) is 1.70. The van der Waals surface area contributed by atoms with Crippen LogP contribution in [0.2, 0.25) is 0 Å². The van der Waals surface area contributed by atoms with E-state index in [1.54, 1.807) is 5.49 Å². The van der Waals surface area contributed by atoms with Crippen LogP contribution in [0.3, 0.4) is 0 Å². The fourth-order valence-electron chi connectivity index (χ4n) is 0.664. The molecule has 1 unspecified atom stereocenters. The molecule has 0 saturated carbocycles. The minimum absolute atomic E-state index is 0.759. The number of hydrogen-bond acceptors (Lipinski definition) is 1. The van der Waals surface area contributed by atoms with Crippen LogP contribution in [0.5, 0.6) is 0 Å². The van der Waals surface area contributed by atoms with Crippen molar-refractivity contribution in [3.63, 3.8) is 0 Å². The summed E-state index contributed by atoms with van der Waals surface area (Å²) in [6, 6.07) is 0. The van der Waals surface area contributed by atoms with E-state index >= 15 is 0 Å². The maximum atomic E-state index is 4.74. The van der Waals surface area contributed by atoms with E-state index in [2.05, 4.69) is 13.8 Å². The molecule has 0 N–H and O–H groups in total. The van der Waals surface area contributed by atoms with Gasteiger partial charge in [0.15, 0.2) is 0 Å². The quantitative estimate of drug-likeness (QED) is 0.556. The lowest BCUT2D eigenvalue weighted by molar-refractivity contribution is 0.408. The van der Waals surface area contributed by atoms with Crippen LogP contribution >= 0.6 is 12.2 Å². The molecule has 0 aromatic carbocycles. The van der Waals surface area contributed by atoms with E-state index in [0.29, 0.717) is 0 Å². The Bertz CT molecular complexity index is 83.0. The average Bonchev–Trinajstić information content (AvgIpc) is 1.87. The summed E-state index contributed by atoms with van der Waals surface area (Å²) in [6.45, 7) is 5.51. The maximum absolute atomic E-state index is 4.74. The molecule has 0 aromatic rings. The lowest BCUT2D eigenvalue weighted by atomic mass is 10.1. The minimum Gasteiger partial charge on any atom is -0.372 e. The van der Waals surface area contributed by atoms with E-state index < -0.39 is 0 Å². The second-order valence-electron chi connectivity index (χ2n) is 2.56. The molecule has 9 heavy (non-hydrogen) atoms. The van der Waals surface area contributed by atoms with Crippen molar-refractivity contribution in [2.75, 3.05) is 13.6 Å². The van der Waals surface area contributed by atoms with Crippen LogP contribution in [0.4, 0.5) is 0 Å². The van der Waals surface area contributed by atoms with Crippen molar-refractivity contribution >= 4 is 17.7 Å². The van der Waals surface area contributed by atoms with Crippen LogP contribution in [-0.4, -0.2) is 24.0 Å². The van der Waals surface area contributed by atoms with E-state index in [1.165, 1.54) is 6.42 Å². The molecule has 0 amide bonds. The average molecular weight is 145 g/mol. The van der Waals surface area contributed by atoms with Gasteiger partial charge < -0.3 is 4.90 Å². The summed E-state index contributed by atoms with van der Waals surface area (Å²) in [5, 5.41) is 0. The number of hydrogen-bond donors (Lipinski definition) is 0. The molecule has 0 radical (unpaired) electrons. The fourth-order valence-corrected chi connectivity index (χ4v) is 0.750. The van der Waals surface area contributed by atoms with Gasteiger partial charge in [0.25, 0.3) is 0 Å². The molecule has 54 valence electrons. The van der Waals surface area contributed by atoms with Crippen LogP contribution in [0.1, 0.15) is 20.3 Å². The van der Waals surface area contributed by atoms with Gasteiger partial charge in [0.2, 0.25) is 0 Å². The Morgan fingerprint density at radius 1 is 1.67 bits per heavy atom.